The van der Waals surface area contributed by atoms with E-state index in [-0.39, 0.29) is 0 Å². The molecule has 1 N–H and O–H groups in total. The third-order valence-electron chi connectivity index (χ3n) is 2.05. The number of aryl methyl sites for hydroxylation is 2. The Morgan fingerprint density at radius 2 is 1.79 bits per heavy atom. The number of anilines is 1. The molecule has 14 heavy (non-hydrogen) atoms. The van der Waals surface area contributed by atoms with Crippen LogP contribution in [0.25, 0.3) is 0 Å². The lowest BCUT2D eigenvalue weighted by atomic mass is 10.2. The van der Waals surface area contributed by atoms with Crippen molar-refractivity contribution in [3.05, 3.63) is 17.5 Å². The first kappa shape index (κ1) is 11.0. The van der Waals surface area contributed by atoms with Crippen LogP contribution in [0.2, 0.25) is 0 Å². The van der Waals surface area contributed by atoms with Crippen LogP contribution in [0.1, 0.15) is 37.6 Å². The summed E-state index contributed by atoms with van der Waals surface area (Å²) in [7, 11) is 0. The monoisotopic (exact) mass is 193 g/mol. The van der Waals surface area contributed by atoms with Crippen LogP contribution in [-0.4, -0.2) is 16.5 Å². The molecule has 1 heterocycles. The molecule has 3 nitrogen and oxygen atoms in total. The second-order valence-electron chi connectivity index (χ2n) is 3.61. The highest BCUT2D eigenvalue weighted by Crippen LogP contribution is 2.04. The van der Waals surface area contributed by atoms with Gasteiger partial charge in [-0.2, -0.15) is 0 Å². The van der Waals surface area contributed by atoms with E-state index < -0.39 is 0 Å². The summed E-state index contributed by atoms with van der Waals surface area (Å²) < 4.78 is 0. The SMILES string of the molecule is CCCCCNc1nc(C)cc(C)n1. The van der Waals surface area contributed by atoms with Gasteiger partial charge in [0.2, 0.25) is 5.95 Å². The molecular formula is C11H19N3. The molecule has 0 amide bonds. The number of hydrogen-bond donors (Lipinski definition) is 1. The number of rotatable bonds is 5. The molecule has 0 saturated carbocycles. The Kier molecular flexibility index (Phi) is 4.36. The molecule has 0 radical (unpaired) electrons. The lowest BCUT2D eigenvalue weighted by Gasteiger charge is -2.05. The molecule has 0 aromatic carbocycles. The summed E-state index contributed by atoms with van der Waals surface area (Å²) in [5, 5.41) is 3.24. The first-order valence-electron chi connectivity index (χ1n) is 5.28. The standard InChI is InChI=1S/C11H19N3/c1-4-5-6-7-12-11-13-9(2)8-10(3)14-11/h8H,4-7H2,1-3H3,(H,12,13,14). The predicted molar refractivity (Wildman–Crippen MR) is 59.5 cm³/mol. The van der Waals surface area contributed by atoms with Crippen LogP contribution in [0.3, 0.4) is 0 Å². The van der Waals surface area contributed by atoms with Gasteiger partial charge >= 0.3 is 0 Å². The van der Waals surface area contributed by atoms with E-state index in [4.69, 9.17) is 0 Å². The van der Waals surface area contributed by atoms with Crippen molar-refractivity contribution >= 4 is 5.95 Å². The third-order valence-corrected chi connectivity index (χ3v) is 2.05. The van der Waals surface area contributed by atoms with Crippen molar-refractivity contribution in [2.75, 3.05) is 11.9 Å². The summed E-state index contributed by atoms with van der Waals surface area (Å²) in [5.41, 5.74) is 2.05. The minimum Gasteiger partial charge on any atom is -0.354 e. The fourth-order valence-corrected chi connectivity index (χ4v) is 1.38. The summed E-state index contributed by atoms with van der Waals surface area (Å²) in [6.07, 6.45) is 3.69. The number of nitrogens with one attached hydrogen (secondary N) is 1. The van der Waals surface area contributed by atoms with Crippen LogP contribution in [0.5, 0.6) is 0 Å². The molecule has 0 unspecified atom stereocenters. The Bertz CT molecular complexity index is 264. The molecule has 0 atom stereocenters. The maximum Gasteiger partial charge on any atom is 0.223 e. The van der Waals surface area contributed by atoms with Gasteiger partial charge in [-0.3, -0.25) is 0 Å². The molecule has 0 aliphatic carbocycles. The lowest BCUT2D eigenvalue weighted by Crippen LogP contribution is -2.06. The maximum atomic E-state index is 4.31. The molecule has 1 aromatic rings. The van der Waals surface area contributed by atoms with E-state index in [9.17, 15) is 0 Å². The topological polar surface area (TPSA) is 37.8 Å². The van der Waals surface area contributed by atoms with Gasteiger partial charge in [0, 0.05) is 17.9 Å². The average molecular weight is 193 g/mol. The molecule has 3 heteroatoms. The Morgan fingerprint density at radius 1 is 1.14 bits per heavy atom. The summed E-state index contributed by atoms with van der Waals surface area (Å²) in [4.78, 5) is 8.62. The van der Waals surface area contributed by atoms with Gasteiger partial charge in [0.25, 0.3) is 0 Å². The largest absolute Gasteiger partial charge is 0.354 e. The van der Waals surface area contributed by atoms with E-state index in [1.54, 1.807) is 0 Å². The molecule has 0 bridgehead atoms. The molecule has 0 saturated heterocycles. The minimum atomic E-state index is 0.763. The van der Waals surface area contributed by atoms with Crippen molar-refractivity contribution in [2.24, 2.45) is 0 Å². The second-order valence-corrected chi connectivity index (χ2v) is 3.61. The lowest BCUT2D eigenvalue weighted by molar-refractivity contribution is 0.739. The van der Waals surface area contributed by atoms with Crippen molar-refractivity contribution in [1.29, 1.82) is 0 Å². The van der Waals surface area contributed by atoms with Gasteiger partial charge < -0.3 is 5.32 Å². The van der Waals surface area contributed by atoms with Crippen LogP contribution in [-0.2, 0) is 0 Å². The van der Waals surface area contributed by atoms with Gasteiger partial charge in [0.05, 0.1) is 0 Å². The van der Waals surface area contributed by atoms with Crippen LogP contribution >= 0.6 is 0 Å². The quantitative estimate of drug-likeness (QED) is 0.731. The van der Waals surface area contributed by atoms with Crippen molar-refractivity contribution in [2.45, 2.75) is 40.0 Å². The molecule has 0 fully saturated rings. The highest BCUT2D eigenvalue weighted by Gasteiger charge is 1.97. The Labute approximate surface area is 86.0 Å². The van der Waals surface area contributed by atoms with Crippen molar-refractivity contribution in [3.63, 3.8) is 0 Å². The highest BCUT2D eigenvalue weighted by atomic mass is 15.1. The highest BCUT2D eigenvalue weighted by molar-refractivity contribution is 5.27. The minimum absolute atomic E-state index is 0.763. The van der Waals surface area contributed by atoms with Gasteiger partial charge in [-0.15, -0.1) is 0 Å². The number of nitrogens with zero attached hydrogens (tertiary/aromatic N) is 2. The van der Waals surface area contributed by atoms with Crippen molar-refractivity contribution in [1.82, 2.24) is 9.97 Å². The van der Waals surface area contributed by atoms with E-state index in [0.29, 0.717) is 0 Å². The van der Waals surface area contributed by atoms with E-state index in [1.165, 1.54) is 19.3 Å². The fraction of sp³-hybridized carbons (Fsp3) is 0.636. The molecule has 0 spiro atoms. The summed E-state index contributed by atoms with van der Waals surface area (Å²) in [6.45, 7) is 7.15. The van der Waals surface area contributed by atoms with E-state index >= 15 is 0 Å². The van der Waals surface area contributed by atoms with Gasteiger partial charge in [-0.05, 0) is 26.3 Å². The first-order chi connectivity index (χ1) is 6.72. The molecule has 78 valence electrons. The number of unbranched alkanes of at least 4 members (excludes halogenated alkanes) is 2. The molecule has 1 rings (SSSR count). The summed E-state index contributed by atoms with van der Waals surface area (Å²) >= 11 is 0. The Hall–Kier alpha value is -1.12. The van der Waals surface area contributed by atoms with Gasteiger partial charge in [0.1, 0.15) is 0 Å². The molecule has 0 aliphatic rings. The zero-order valence-electron chi connectivity index (χ0n) is 9.30. The average Bonchev–Trinajstić information content (AvgIpc) is 2.11. The van der Waals surface area contributed by atoms with E-state index in [2.05, 4.69) is 22.2 Å². The molecule has 0 aliphatic heterocycles. The van der Waals surface area contributed by atoms with E-state index in [1.807, 2.05) is 19.9 Å². The zero-order valence-corrected chi connectivity index (χ0v) is 9.30. The fourth-order valence-electron chi connectivity index (χ4n) is 1.38. The van der Waals surface area contributed by atoms with Crippen LogP contribution in [0.15, 0.2) is 6.07 Å². The van der Waals surface area contributed by atoms with E-state index in [0.717, 1.165) is 23.9 Å². The third kappa shape index (κ3) is 3.73. The van der Waals surface area contributed by atoms with Gasteiger partial charge in [-0.1, -0.05) is 19.8 Å². The predicted octanol–water partition coefficient (Wildman–Crippen LogP) is 2.70. The van der Waals surface area contributed by atoms with Crippen LogP contribution in [0, 0.1) is 13.8 Å². The summed E-state index contributed by atoms with van der Waals surface area (Å²) in [5.74, 6) is 0.763. The van der Waals surface area contributed by atoms with Crippen molar-refractivity contribution < 1.29 is 0 Å². The zero-order chi connectivity index (χ0) is 10.4. The van der Waals surface area contributed by atoms with Gasteiger partial charge in [0.15, 0.2) is 0 Å². The van der Waals surface area contributed by atoms with Crippen LogP contribution in [0.4, 0.5) is 5.95 Å². The number of aromatic nitrogens is 2. The number of hydrogen-bond acceptors (Lipinski definition) is 3. The smallest absolute Gasteiger partial charge is 0.223 e. The molecular weight excluding hydrogens is 174 g/mol. The second kappa shape index (κ2) is 5.58. The Balaban J connectivity index is 2.42. The van der Waals surface area contributed by atoms with Crippen molar-refractivity contribution in [3.8, 4) is 0 Å². The van der Waals surface area contributed by atoms with Crippen LogP contribution < -0.4 is 5.32 Å². The summed E-state index contributed by atoms with van der Waals surface area (Å²) in [6, 6.07) is 1.98. The Morgan fingerprint density at radius 3 is 2.36 bits per heavy atom. The normalized spacial score (nSPS) is 10.2. The maximum absolute atomic E-state index is 4.31. The van der Waals surface area contributed by atoms with Gasteiger partial charge in [-0.25, -0.2) is 9.97 Å². The molecule has 1 aromatic heterocycles. The first-order valence-corrected chi connectivity index (χ1v) is 5.28.